The molecule has 0 unspecified atom stereocenters. The van der Waals surface area contributed by atoms with E-state index in [-0.39, 0.29) is 13.0 Å². The van der Waals surface area contributed by atoms with Crippen LogP contribution in [0.1, 0.15) is 28.9 Å². The molecule has 0 fully saturated rings. The second-order valence-corrected chi connectivity index (χ2v) is 6.85. The largest absolute Gasteiger partial charge is 0.467 e. The number of nitrogens with zero attached hydrogens (tertiary/aromatic N) is 1. The average molecular weight is 377 g/mol. The number of carbonyl (C=O) groups is 1. The van der Waals surface area contributed by atoms with Gasteiger partial charge in [0.2, 0.25) is 5.91 Å². The maximum atomic E-state index is 12.9. The summed E-state index contributed by atoms with van der Waals surface area (Å²) in [7, 11) is 0. The first kappa shape index (κ1) is 17.7. The predicted octanol–water partition coefficient (Wildman–Crippen LogP) is 4.65. The van der Waals surface area contributed by atoms with Gasteiger partial charge in [-0.05, 0) is 54.7 Å². The van der Waals surface area contributed by atoms with Crippen LogP contribution in [0.25, 0.3) is 11.0 Å². The van der Waals surface area contributed by atoms with Gasteiger partial charge in [0.25, 0.3) is 0 Å². The molecule has 0 saturated heterocycles. The van der Waals surface area contributed by atoms with Crippen molar-refractivity contribution < 1.29 is 26.8 Å². The molecule has 1 aliphatic rings. The number of hydrogen-bond acceptors (Lipinski definition) is 3. The third kappa shape index (κ3) is 3.86. The minimum absolute atomic E-state index is 0.150. The van der Waals surface area contributed by atoms with Crippen LogP contribution in [0, 0.1) is 0 Å². The van der Waals surface area contributed by atoms with Gasteiger partial charge in [-0.25, -0.2) is 0 Å². The molecule has 0 N–H and O–H groups in total. The van der Waals surface area contributed by atoms with Gasteiger partial charge in [0, 0.05) is 10.9 Å². The third-order valence-corrected chi connectivity index (χ3v) is 4.86. The van der Waals surface area contributed by atoms with Crippen molar-refractivity contribution in [3.8, 4) is 0 Å². The highest BCUT2D eigenvalue weighted by atomic mass is 19.4. The SMILES string of the molecule is O=C(Cc1coc2cc3c(cc12)CCC3)N(Cc1ccco1)CC(F)(F)F. The van der Waals surface area contributed by atoms with Crippen molar-refractivity contribution >= 4 is 16.9 Å². The van der Waals surface area contributed by atoms with Crippen molar-refractivity contribution in [2.45, 2.75) is 38.4 Å². The summed E-state index contributed by atoms with van der Waals surface area (Å²) in [5.41, 5.74) is 3.75. The van der Waals surface area contributed by atoms with E-state index in [0.29, 0.717) is 16.9 Å². The number of rotatable bonds is 5. The second-order valence-electron chi connectivity index (χ2n) is 6.85. The van der Waals surface area contributed by atoms with Crippen molar-refractivity contribution in [2.24, 2.45) is 0 Å². The molecule has 1 aliphatic carbocycles. The highest BCUT2D eigenvalue weighted by Gasteiger charge is 2.33. The monoisotopic (exact) mass is 377 g/mol. The number of hydrogen-bond donors (Lipinski definition) is 0. The molecule has 7 heteroatoms. The van der Waals surface area contributed by atoms with Crippen molar-refractivity contribution in [3.63, 3.8) is 0 Å². The normalized spacial score (nSPS) is 13.9. The summed E-state index contributed by atoms with van der Waals surface area (Å²) in [6, 6.07) is 7.11. The molecule has 0 bridgehead atoms. The van der Waals surface area contributed by atoms with Crippen LogP contribution in [0.15, 0.2) is 45.6 Å². The smallest absolute Gasteiger partial charge is 0.406 e. The van der Waals surface area contributed by atoms with Crippen molar-refractivity contribution in [1.82, 2.24) is 4.90 Å². The van der Waals surface area contributed by atoms with Crippen molar-refractivity contribution in [3.05, 3.63) is 59.2 Å². The van der Waals surface area contributed by atoms with Crippen molar-refractivity contribution in [1.29, 1.82) is 0 Å². The fourth-order valence-electron chi connectivity index (χ4n) is 3.60. The zero-order valence-corrected chi connectivity index (χ0v) is 14.5. The van der Waals surface area contributed by atoms with E-state index >= 15 is 0 Å². The van der Waals surface area contributed by atoms with Gasteiger partial charge in [-0.1, -0.05) is 0 Å². The van der Waals surface area contributed by atoms with E-state index in [2.05, 4.69) is 0 Å². The van der Waals surface area contributed by atoms with Crippen LogP contribution >= 0.6 is 0 Å². The summed E-state index contributed by atoms with van der Waals surface area (Å²) in [4.78, 5) is 13.4. The molecular weight excluding hydrogens is 359 g/mol. The van der Waals surface area contributed by atoms with Crippen molar-refractivity contribution in [2.75, 3.05) is 6.54 Å². The van der Waals surface area contributed by atoms with E-state index in [4.69, 9.17) is 8.83 Å². The van der Waals surface area contributed by atoms with Crippen LogP contribution in [-0.2, 0) is 30.6 Å². The van der Waals surface area contributed by atoms with Crippen LogP contribution in [0.2, 0.25) is 0 Å². The van der Waals surface area contributed by atoms with E-state index in [1.807, 2.05) is 12.1 Å². The van der Waals surface area contributed by atoms with E-state index in [0.717, 1.165) is 29.5 Å². The molecule has 3 aromatic rings. The standard InChI is InChI=1S/C20H18F3NO3/c21-20(22,23)12-24(10-16-5-2-6-26-16)19(25)9-15-11-27-18-8-14-4-1-3-13(14)7-17(15)18/h2,5-8,11H,1,3-4,9-10,12H2. The summed E-state index contributed by atoms with van der Waals surface area (Å²) in [5.74, 6) is -0.311. The fraction of sp³-hybridized carbons (Fsp3) is 0.350. The molecule has 0 aliphatic heterocycles. The number of amides is 1. The molecule has 142 valence electrons. The van der Waals surface area contributed by atoms with Gasteiger partial charge in [0.15, 0.2) is 0 Å². The first-order chi connectivity index (χ1) is 12.9. The topological polar surface area (TPSA) is 46.6 Å². The lowest BCUT2D eigenvalue weighted by Gasteiger charge is -2.23. The lowest BCUT2D eigenvalue weighted by molar-refractivity contribution is -0.162. The Hall–Kier alpha value is -2.70. The van der Waals surface area contributed by atoms with Gasteiger partial charge in [-0.15, -0.1) is 0 Å². The Morgan fingerprint density at radius 1 is 1.15 bits per heavy atom. The number of fused-ring (bicyclic) bond motifs is 2. The predicted molar refractivity (Wildman–Crippen MR) is 92.1 cm³/mol. The Morgan fingerprint density at radius 3 is 2.63 bits per heavy atom. The summed E-state index contributed by atoms with van der Waals surface area (Å²) in [5, 5.41) is 0.800. The lowest BCUT2D eigenvalue weighted by Crippen LogP contribution is -2.39. The Bertz CT molecular complexity index is 957. The van der Waals surface area contributed by atoms with Gasteiger partial charge in [0.1, 0.15) is 17.9 Å². The zero-order valence-electron chi connectivity index (χ0n) is 14.5. The minimum atomic E-state index is -4.48. The zero-order chi connectivity index (χ0) is 19.0. The number of benzene rings is 1. The quantitative estimate of drug-likeness (QED) is 0.650. The molecule has 1 aromatic carbocycles. The summed E-state index contributed by atoms with van der Waals surface area (Å²) in [6.07, 6.45) is 1.26. The third-order valence-electron chi connectivity index (χ3n) is 4.86. The molecule has 0 radical (unpaired) electrons. The molecule has 0 spiro atoms. The highest BCUT2D eigenvalue weighted by molar-refractivity contribution is 5.88. The van der Waals surface area contributed by atoms with Gasteiger partial charge >= 0.3 is 6.18 Å². The summed E-state index contributed by atoms with van der Waals surface area (Å²) in [6.45, 7) is -1.55. The molecule has 0 saturated carbocycles. The van der Waals surface area contributed by atoms with Gasteiger partial charge in [-0.3, -0.25) is 4.79 Å². The molecule has 2 heterocycles. The number of furan rings is 2. The molecule has 27 heavy (non-hydrogen) atoms. The molecule has 4 nitrogen and oxygen atoms in total. The molecule has 2 aromatic heterocycles. The molecular formula is C20H18F3NO3. The van der Waals surface area contributed by atoms with Crippen LogP contribution < -0.4 is 0 Å². The number of halogens is 3. The van der Waals surface area contributed by atoms with Crippen LogP contribution in [0.4, 0.5) is 13.2 Å². The first-order valence-electron chi connectivity index (χ1n) is 8.78. The summed E-state index contributed by atoms with van der Waals surface area (Å²) < 4.78 is 49.5. The average Bonchev–Trinajstić information content (AvgIpc) is 3.32. The Kier molecular flexibility index (Phi) is 4.45. The Balaban J connectivity index is 1.57. The van der Waals surface area contributed by atoms with E-state index < -0.39 is 18.6 Å². The Morgan fingerprint density at radius 2 is 1.93 bits per heavy atom. The molecule has 1 amide bonds. The number of alkyl halides is 3. The van der Waals surface area contributed by atoms with Crippen LogP contribution in [0.5, 0.6) is 0 Å². The van der Waals surface area contributed by atoms with E-state index in [1.165, 1.54) is 23.7 Å². The lowest BCUT2D eigenvalue weighted by atomic mass is 10.0. The van der Waals surface area contributed by atoms with Gasteiger partial charge in [0.05, 0.1) is 25.5 Å². The number of carbonyl (C=O) groups excluding carboxylic acids is 1. The second kappa shape index (κ2) is 6.79. The van der Waals surface area contributed by atoms with E-state index in [1.54, 1.807) is 12.1 Å². The maximum absolute atomic E-state index is 12.9. The van der Waals surface area contributed by atoms with Gasteiger partial charge in [-0.2, -0.15) is 13.2 Å². The first-order valence-corrected chi connectivity index (χ1v) is 8.78. The minimum Gasteiger partial charge on any atom is -0.467 e. The van der Waals surface area contributed by atoms with Gasteiger partial charge < -0.3 is 13.7 Å². The molecule has 0 atom stereocenters. The van der Waals surface area contributed by atoms with Crippen LogP contribution in [-0.4, -0.2) is 23.5 Å². The Labute approximate surface area is 153 Å². The summed E-state index contributed by atoms with van der Waals surface area (Å²) >= 11 is 0. The van der Waals surface area contributed by atoms with Crippen LogP contribution in [0.3, 0.4) is 0 Å². The van der Waals surface area contributed by atoms with E-state index in [9.17, 15) is 18.0 Å². The number of aryl methyl sites for hydroxylation is 2. The fourth-order valence-corrected chi connectivity index (χ4v) is 3.60. The maximum Gasteiger partial charge on any atom is 0.406 e. The highest BCUT2D eigenvalue weighted by Crippen LogP contribution is 2.31. The molecule has 4 rings (SSSR count).